The lowest BCUT2D eigenvalue weighted by Gasteiger charge is -2.05. The van der Waals surface area contributed by atoms with Crippen LogP contribution in [0.5, 0.6) is 0 Å². The molecule has 0 saturated heterocycles. The Morgan fingerprint density at radius 2 is 2.17 bits per heavy atom. The highest BCUT2D eigenvalue weighted by atomic mass is 35.5. The first-order chi connectivity index (χ1) is 8.61. The standard InChI is InChI=1S/C13H11ClN2O2/c1-8-11(13(17)18-2)7-15-12(16-8)9-4-3-5-10(14)6-9/h3-7H,1-2H3. The summed E-state index contributed by atoms with van der Waals surface area (Å²) in [5.41, 5.74) is 1.75. The molecule has 0 unspecified atom stereocenters. The van der Waals surface area contributed by atoms with Gasteiger partial charge in [-0.15, -0.1) is 0 Å². The maximum Gasteiger partial charge on any atom is 0.341 e. The number of carbonyl (C=O) groups is 1. The van der Waals surface area contributed by atoms with E-state index in [2.05, 4.69) is 14.7 Å². The topological polar surface area (TPSA) is 52.1 Å². The first-order valence-electron chi connectivity index (χ1n) is 5.29. The van der Waals surface area contributed by atoms with E-state index in [1.54, 1.807) is 19.1 Å². The predicted octanol–water partition coefficient (Wildman–Crippen LogP) is 2.89. The summed E-state index contributed by atoms with van der Waals surface area (Å²) in [7, 11) is 1.33. The Labute approximate surface area is 110 Å². The molecular formula is C13H11ClN2O2. The molecule has 1 aromatic carbocycles. The van der Waals surface area contributed by atoms with Crippen LogP contribution in [0.25, 0.3) is 11.4 Å². The normalized spacial score (nSPS) is 10.2. The van der Waals surface area contributed by atoms with Crippen LogP contribution in [0.2, 0.25) is 5.02 Å². The summed E-state index contributed by atoms with van der Waals surface area (Å²) >= 11 is 5.91. The van der Waals surface area contributed by atoms with Crippen molar-refractivity contribution in [2.75, 3.05) is 7.11 Å². The van der Waals surface area contributed by atoms with E-state index >= 15 is 0 Å². The SMILES string of the molecule is COC(=O)c1cnc(-c2cccc(Cl)c2)nc1C. The van der Waals surface area contributed by atoms with Crippen LogP contribution in [0.4, 0.5) is 0 Å². The number of carbonyl (C=O) groups excluding carboxylic acids is 1. The minimum atomic E-state index is -0.440. The maximum atomic E-state index is 11.4. The van der Waals surface area contributed by atoms with Gasteiger partial charge in [0.2, 0.25) is 0 Å². The number of rotatable bonds is 2. The number of ether oxygens (including phenoxy) is 1. The van der Waals surface area contributed by atoms with Gasteiger partial charge in [0.05, 0.1) is 18.4 Å². The predicted molar refractivity (Wildman–Crippen MR) is 68.6 cm³/mol. The van der Waals surface area contributed by atoms with Crippen molar-refractivity contribution in [1.29, 1.82) is 0 Å². The summed E-state index contributed by atoms with van der Waals surface area (Å²) in [5, 5.41) is 0.616. The molecule has 0 aliphatic rings. The molecule has 0 fully saturated rings. The third-order valence-electron chi connectivity index (χ3n) is 2.47. The van der Waals surface area contributed by atoms with E-state index in [0.717, 1.165) is 5.56 Å². The van der Waals surface area contributed by atoms with Gasteiger partial charge in [-0.05, 0) is 19.1 Å². The number of aromatic nitrogens is 2. The Hall–Kier alpha value is -1.94. The van der Waals surface area contributed by atoms with Gasteiger partial charge in [-0.1, -0.05) is 23.7 Å². The van der Waals surface area contributed by atoms with Gasteiger partial charge in [-0.25, -0.2) is 14.8 Å². The van der Waals surface area contributed by atoms with Gasteiger partial charge in [0.1, 0.15) is 0 Å². The number of benzene rings is 1. The zero-order chi connectivity index (χ0) is 13.1. The summed E-state index contributed by atoms with van der Waals surface area (Å²) in [4.78, 5) is 19.8. The van der Waals surface area contributed by atoms with Gasteiger partial charge < -0.3 is 4.74 Å². The number of aryl methyl sites for hydroxylation is 1. The molecule has 1 aromatic heterocycles. The van der Waals surface area contributed by atoms with E-state index in [1.807, 2.05) is 12.1 Å². The van der Waals surface area contributed by atoms with Crippen molar-refractivity contribution in [2.24, 2.45) is 0 Å². The fourth-order valence-corrected chi connectivity index (χ4v) is 1.73. The molecule has 92 valence electrons. The highest BCUT2D eigenvalue weighted by molar-refractivity contribution is 6.30. The van der Waals surface area contributed by atoms with Crippen molar-refractivity contribution >= 4 is 17.6 Å². The monoisotopic (exact) mass is 262 g/mol. The van der Waals surface area contributed by atoms with E-state index in [9.17, 15) is 4.79 Å². The van der Waals surface area contributed by atoms with E-state index < -0.39 is 5.97 Å². The van der Waals surface area contributed by atoms with Crippen LogP contribution in [0.15, 0.2) is 30.5 Å². The molecule has 0 aliphatic heterocycles. The number of methoxy groups -OCH3 is 1. The Kier molecular flexibility index (Phi) is 3.58. The Morgan fingerprint density at radius 3 is 2.78 bits per heavy atom. The van der Waals surface area contributed by atoms with Crippen molar-refractivity contribution in [3.05, 3.63) is 46.7 Å². The van der Waals surface area contributed by atoms with Crippen LogP contribution in [0, 0.1) is 6.92 Å². The first-order valence-corrected chi connectivity index (χ1v) is 5.67. The molecule has 2 aromatic rings. The summed E-state index contributed by atoms with van der Waals surface area (Å²) in [5.74, 6) is 0.0906. The minimum Gasteiger partial charge on any atom is -0.465 e. The Balaban J connectivity index is 2.43. The van der Waals surface area contributed by atoms with E-state index in [-0.39, 0.29) is 0 Å². The molecule has 0 saturated carbocycles. The van der Waals surface area contributed by atoms with Gasteiger partial charge in [0.15, 0.2) is 5.82 Å². The van der Waals surface area contributed by atoms with Crippen molar-refractivity contribution < 1.29 is 9.53 Å². The van der Waals surface area contributed by atoms with E-state index in [1.165, 1.54) is 13.3 Å². The molecule has 0 N–H and O–H groups in total. The van der Waals surface area contributed by atoms with Crippen LogP contribution < -0.4 is 0 Å². The summed E-state index contributed by atoms with van der Waals surface area (Å²) < 4.78 is 4.64. The third-order valence-corrected chi connectivity index (χ3v) is 2.70. The molecule has 0 amide bonds. The fraction of sp³-hybridized carbons (Fsp3) is 0.154. The molecule has 1 heterocycles. The number of halogens is 1. The van der Waals surface area contributed by atoms with Gasteiger partial charge in [0, 0.05) is 16.8 Å². The smallest absolute Gasteiger partial charge is 0.341 e. The molecule has 0 bridgehead atoms. The number of nitrogens with zero attached hydrogens (tertiary/aromatic N) is 2. The lowest BCUT2D eigenvalue weighted by molar-refractivity contribution is 0.0599. The molecule has 5 heteroatoms. The molecule has 4 nitrogen and oxygen atoms in total. The quantitative estimate of drug-likeness (QED) is 0.781. The second-order valence-electron chi connectivity index (χ2n) is 3.69. The van der Waals surface area contributed by atoms with Crippen LogP contribution in [0.1, 0.15) is 16.1 Å². The van der Waals surface area contributed by atoms with Crippen LogP contribution in [-0.2, 0) is 4.74 Å². The molecule has 18 heavy (non-hydrogen) atoms. The Morgan fingerprint density at radius 1 is 1.39 bits per heavy atom. The molecule has 0 radical (unpaired) electrons. The second kappa shape index (κ2) is 5.14. The summed E-state index contributed by atoms with van der Waals surface area (Å²) in [6, 6.07) is 7.23. The number of hydrogen-bond donors (Lipinski definition) is 0. The summed E-state index contributed by atoms with van der Waals surface area (Å²) in [6.45, 7) is 1.74. The molecule has 0 spiro atoms. The highest BCUT2D eigenvalue weighted by Crippen LogP contribution is 2.20. The molecule has 0 aliphatic carbocycles. The highest BCUT2D eigenvalue weighted by Gasteiger charge is 2.12. The fourth-order valence-electron chi connectivity index (χ4n) is 1.54. The first kappa shape index (κ1) is 12.5. The lowest BCUT2D eigenvalue weighted by atomic mass is 10.2. The zero-order valence-electron chi connectivity index (χ0n) is 9.98. The van der Waals surface area contributed by atoms with Gasteiger partial charge in [0.25, 0.3) is 0 Å². The number of esters is 1. The largest absolute Gasteiger partial charge is 0.465 e. The van der Waals surface area contributed by atoms with Crippen LogP contribution in [0.3, 0.4) is 0 Å². The Bertz CT molecular complexity index is 599. The van der Waals surface area contributed by atoms with Gasteiger partial charge in [-0.2, -0.15) is 0 Å². The molecule has 2 rings (SSSR count). The van der Waals surface area contributed by atoms with Crippen LogP contribution in [-0.4, -0.2) is 23.0 Å². The van der Waals surface area contributed by atoms with E-state index in [0.29, 0.717) is 22.1 Å². The van der Waals surface area contributed by atoms with Crippen molar-refractivity contribution in [3.8, 4) is 11.4 Å². The van der Waals surface area contributed by atoms with Crippen LogP contribution >= 0.6 is 11.6 Å². The van der Waals surface area contributed by atoms with Gasteiger partial charge in [-0.3, -0.25) is 0 Å². The number of hydrogen-bond acceptors (Lipinski definition) is 4. The average molecular weight is 263 g/mol. The van der Waals surface area contributed by atoms with Crippen molar-refractivity contribution in [3.63, 3.8) is 0 Å². The molecule has 0 atom stereocenters. The van der Waals surface area contributed by atoms with Crippen molar-refractivity contribution in [1.82, 2.24) is 9.97 Å². The summed E-state index contributed by atoms with van der Waals surface area (Å²) in [6.07, 6.45) is 1.46. The van der Waals surface area contributed by atoms with Gasteiger partial charge >= 0.3 is 5.97 Å². The minimum absolute atomic E-state index is 0.364. The van der Waals surface area contributed by atoms with E-state index in [4.69, 9.17) is 11.6 Å². The van der Waals surface area contributed by atoms with Crippen molar-refractivity contribution in [2.45, 2.75) is 6.92 Å². The zero-order valence-corrected chi connectivity index (χ0v) is 10.7. The maximum absolute atomic E-state index is 11.4. The molecular weight excluding hydrogens is 252 g/mol. The second-order valence-corrected chi connectivity index (χ2v) is 4.13. The average Bonchev–Trinajstić information content (AvgIpc) is 2.37. The lowest BCUT2D eigenvalue weighted by Crippen LogP contribution is -2.07. The third kappa shape index (κ3) is 2.49.